The Hall–Kier alpha value is -4.40. The molecule has 2 aromatic heterocycles. The fourth-order valence-corrected chi connectivity index (χ4v) is 3.91. The van der Waals surface area contributed by atoms with Gasteiger partial charge in [-0.3, -0.25) is 23.5 Å². The molecule has 0 aliphatic rings. The third kappa shape index (κ3) is 4.79. The molecule has 4 rings (SSSR count). The van der Waals surface area contributed by atoms with E-state index in [1.54, 1.807) is 75.9 Å². The highest BCUT2D eigenvalue weighted by molar-refractivity contribution is 5.94. The van der Waals surface area contributed by atoms with Gasteiger partial charge in [-0.1, -0.05) is 12.1 Å². The summed E-state index contributed by atoms with van der Waals surface area (Å²) in [5.74, 6) is 1.05. The molecule has 0 fully saturated rings. The number of aromatic nitrogens is 3. The average molecular weight is 475 g/mol. The van der Waals surface area contributed by atoms with Crippen LogP contribution < -0.4 is 25.9 Å². The predicted molar refractivity (Wildman–Crippen MR) is 132 cm³/mol. The van der Waals surface area contributed by atoms with Crippen molar-refractivity contribution in [3.8, 4) is 11.5 Å². The summed E-state index contributed by atoms with van der Waals surface area (Å²) in [7, 11) is 3.14. The fourth-order valence-electron chi connectivity index (χ4n) is 3.91. The Morgan fingerprint density at radius 1 is 0.971 bits per heavy atom. The zero-order chi connectivity index (χ0) is 24.9. The van der Waals surface area contributed by atoms with E-state index in [9.17, 15) is 14.4 Å². The molecule has 180 valence electrons. The summed E-state index contributed by atoms with van der Waals surface area (Å²) in [6, 6.07) is 15.8. The maximum atomic E-state index is 12.8. The van der Waals surface area contributed by atoms with E-state index in [4.69, 9.17) is 9.47 Å². The van der Waals surface area contributed by atoms with Gasteiger partial charge in [-0.2, -0.15) is 0 Å². The van der Waals surface area contributed by atoms with Crippen LogP contribution in [0.1, 0.15) is 28.4 Å². The number of ether oxygens (including phenoxy) is 2. The standard InChI is InChI=1S/C26H26N4O5/c1-4-29-23-21(6-5-13-27-23)30(26(33)25(29)32)16-17-7-9-18(10-8-17)24(31)28-15-19-11-12-20(34-2)14-22(19)35-3/h5-14H,4,15-16H2,1-3H3,(H,28,31). The minimum atomic E-state index is -0.609. The highest BCUT2D eigenvalue weighted by Gasteiger charge is 2.14. The van der Waals surface area contributed by atoms with Crippen molar-refractivity contribution in [1.82, 2.24) is 19.4 Å². The molecule has 2 aromatic carbocycles. The Morgan fingerprint density at radius 3 is 2.40 bits per heavy atom. The quantitative estimate of drug-likeness (QED) is 0.394. The lowest BCUT2D eigenvalue weighted by Gasteiger charge is -2.13. The van der Waals surface area contributed by atoms with Crippen LogP contribution in [-0.4, -0.2) is 34.2 Å². The lowest BCUT2D eigenvalue weighted by atomic mass is 10.1. The summed E-state index contributed by atoms with van der Waals surface area (Å²) in [5, 5.41) is 2.88. The molecule has 1 amide bonds. The minimum absolute atomic E-state index is 0.186. The number of amides is 1. The van der Waals surface area contributed by atoms with Crippen molar-refractivity contribution in [1.29, 1.82) is 0 Å². The van der Waals surface area contributed by atoms with E-state index in [-0.39, 0.29) is 19.0 Å². The van der Waals surface area contributed by atoms with Crippen LogP contribution in [0.3, 0.4) is 0 Å². The van der Waals surface area contributed by atoms with Crippen LogP contribution in [0.5, 0.6) is 11.5 Å². The second-order valence-electron chi connectivity index (χ2n) is 7.84. The zero-order valence-corrected chi connectivity index (χ0v) is 19.8. The number of hydrogen-bond acceptors (Lipinski definition) is 6. The molecule has 0 aliphatic carbocycles. The molecule has 0 radical (unpaired) electrons. The van der Waals surface area contributed by atoms with Crippen molar-refractivity contribution >= 4 is 17.1 Å². The molecular formula is C26H26N4O5. The van der Waals surface area contributed by atoms with Crippen molar-refractivity contribution in [2.45, 2.75) is 26.6 Å². The SMILES string of the molecule is CCn1c(=O)c(=O)n(Cc2ccc(C(=O)NCc3ccc(OC)cc3OC)cc2)c2cccnc21. The van der Waals surface area contributed by atoms with Crippen molar-refractivity contribution in [2.24, 2.45) is 0 Å². The van der Waals surface area contributed by atoms with Crippen LogP contribution in [0, 0.1) is 0 Å². The Balaban J connectivity index is 1.52. The van der Waals surface area contributed by atoms with E-state index in [0.717, 1.165) is 11.1 Å². The molecular weight excluding hydrogens is 448 g/mol. The monoisotopic (exact) mass is 474 g/mol. The number of methoxy groups -OCH3 is 2. The van der Waals surface area contributed by atoms with E-state index < -0.39 is 11.1 Å². The Labute approximate surface area is 201 Å². The largest absolute Gasteiger partial charge is 0.497 e. The normalized spacial score (nSPS) is 10.8. The van der Waals surface area contributed by atoms with E-state index in [2.05, 4.69) is 10.3 Å². The topological polar surface area (TPSA) is 104 Å². The van der Waals surface area contributed by atoms with Crippen LogP contribution in [0.2, 0.25) is 0 Å². The number of nitrogens with zero attached hydrogens (tertiary/aromatic N) is 3. The second-order valence-corrected chi connectivity index (χ2v) is 7.84. The average Bonchev–Trinajstić information content (AvgIpc) is 2.90. The van der Waals surface area contributed by atoms with Crippen LogP contribution in [0.25, 0.3) is 11.2 Å². The number of nitrogens with one attached hydrogen (secondary N) is 1. The molecule has 9 heteroatoms. The number of rotatable bonds is 8. The molecule has 0 saturated heterocycles. The molecule has 2 heterocycles. The van der Waals surface area contributed by atoms with E-state index >= 15 is 0 Å². The molecule has 35 heavy (non-hydrogen) atoms. The lowest BCUT2D eigenvalue weighted by Crippen LogP contribution is -2.41. The van der Waals surface area contributed by atoms with Crippen LogP contribution in [-0.2, 0) is 19.6 Å². The number of hydrogen-bond donors (Lipinski definition) is 1. The van der Waals surface area contributed by atoms with Gasteiger partial charge in [-0.25, -0.2) is 4.98 Å². The molecule has 0 atom stereocenters. The summed E-state index contributed by atoms with van der Waals surface area (Å²) in [5.41, 5.74) is 1.89. The first kappa shape index (κ1) is 23.7. The number of fused-ring (bicyclic) bond motifs is 1. The van der Waals surface area contributed by atoms with Gasteiger partial charge < -0.3 is 14.8 Å². The van der Waals surface area contributed by atoms with Gasteiger partial charge in [0.2, 0.25) is 0 Å². The van der Waals surface area contributed by atoms with E-state index in [0.29, 0.717) is 34.8 Å². The smallest absolute Gasteiger partial charge is 0.318 e. The number of pyridine rings is 1. The van der Waals surface area contributed by atoms with Gasteiger partial charge in [-0.05, 0) is 48.9 Å². The van der Waals surface area contributed by atoms with E-state index in [1.165, 1.54) is 9.13 Å². The van der Waals surface area contributed by atoms with Gasteiger partial charge in [0.05, 0.1) is 26.3 Å². The maximum absolute atomic E-state index is 12.8. The molecule has 0 spiro atoms. The van der Waals surface area contributed by atoms with Crippen LogP contribution in [0.4, 0.5) is 0 Å². The van der Waals surface area contributed by atoms with Crippen molar-refractivity contribution in [3.63, 3.8) is 0 Å². The summed E-state index contributed by atoms with van der Waals surface area (Å²) in [4.78, 5) is 42.3. The molecule has 4 aromatic rings. The predicted octanol–water partition coefficient (Wildman–Crippen LogP) is 2.57. The molecule has 0 bridgehead atoms. The van der Waals surface area contributed by atoms with Crippen LogP contribution in [0.15, 0.2) is 70.4 Å². The maximum Gasteiger partial charge on any atom is 0.318 e. The highest BCUT2D eigenvalue weighted by Crippen LogP contribution is 2.24. The van der Waals surface area contributed by atoms with Crippen molar-refractivity contribution < 1.29 is 14.3 Å². The summed E-state index contributed by atoms with van der Waals surface area (Å²) < 4.78 is 13.4. The minimum Gasteiger partial charge on any atom is -0.497 e. The van der Waals surface area contributed by atoms with Crippen molar-refractivity contribution in [2.75, 3.05) is 14.2 Å². The van der Waals surface area contributed by atoms with Gasteiger partial charge in [0.1, 0.15) is 11.5 Å². The summed E-state index contributed by atoms with van der Waals surface area (Å²) in [6.07, 6.45) is 1.59. The van der Waals surface area contributed by atoms with Gasteiger partial charge in [0.15, 0.2) is 5.65 Å². The third-order valence-corrected chi connectivity index (χ3v) is 5.79. The summed E-state index contributed by atoms with van der Waals surface area (Å²) >= 11 is 0. The molecule has 0 aliphatic heterocycles. The highest BCUT2D eigenvalue weighted by atomic mass is 16.5. The van der Waals surface area contributed by atoms with Crippen LogP contribution >= 0.6 is 0 Å². The molecule has 9 nitrogen and oxygen atoms in total. The van der Waals surface area contributed by atoms with Gasteiger partial charge in [-0.15, -0.1) is 0 Å². The lowest BCUT2D eigenvalue weighted by molar-refractivity contribution is 0.0950. The number of carbonyl (C=O) groups excluding carboxylic acids is 1. The third-order valence-electron chi connectivity index (χ3n) is 5.79. The second kappa shape index (κ2) is 10.3. The summed E-state index contributed by atoms with van der Waals surface area (Å²) in [6.45, 7) is 2.63. The first-order valence-corrected chi connectivity index (χ1v) is 11.1. The van der Waals surface area contributed by atoms with Crippen molar-refractivity contribution in [3.05, 3.63) is 98.2 Å². The Bertz CT molecular complexity index is 1490. The Morgan fingerprint density at radius 2 is 1.71 bits per heavy atom. The first-order valence-electron chi connectivity index (χ1n) is 11.1. The first-order chi connectivity index (χ1) is 17.0. The number of aryl methyl sites for hydroxylation is 1. The fraction of sp³-hybridized carbons (Fsp3) is 0.231. The molecule has 1 N–H and O–H groups in total. The van der Waals surface area contributed by atoms with Gasteiger partial charge >= 0.3 is 11.1 Å². The van der Waals surface area contributed by atoms with Gasteiger partial charge in [0, 0.05) is 36.5 Å². The number of benzene rings is 2. The molecule has 0 saturated carbocycles. The van der Waals surface area contributed by atoms with E-state index in [1.807, 2.05) is 6.07 Å². The molecule has 0 unspecified atom stereocenters. The zero-order valence-electron chi connectivity index (χ0n) is 19.8. The van der Waals surface area contributed by atoms with Gasteiger partial charge in [0.25, 0.3) is 5.91 Å². The number of carbonyl (C=O) groups is 1. The Kier molecular flexibility index (Phi) is 6.96.